The number of nitrogens with zero attached hydrogens (tertiary/aromatic N) is 2. The first kappa shape index (κ1) is 14.1. The molecule has 0 spiro atoms. The van der Waals surface area contributed by atoms with Gasteiger partial charge in [0.1, 0.15) is 6.04 Å². The molecule has 19 heavy (non-hydrogen) atoms. The fraction of sp³-hybridized carbons (Fsp3) is 0.846. The van der Waals surface area contributed by atoms with Crippen molar-refractivity contribution < 1.29 is 19.4 Å². The minimum absolute atomic E-state index is 0.0913. The van der Waals surface area contributed by atoms with E-state index in [1.54, 1.807) is 4.90 Å². The Morgan fingerprint density at radius 1 is 1.26 bits per heavy atom. The summed E-state index contributed by atoms with van der Waals surface area (Å²) in [6.45, 7) is 4.42. The summed E-state index contributed by atoms with van der Waals surface area (Å²) in [5.41, 5.74) is 0. The Hall–Kier alpha value is -1.30. The van der Waals surface area contributed by atoms with Crippen LogP contribution in [0.25, 0.3) is 0 Å². The number of ether oxygens (including phenoxy) is 1. The number of hydrogen-bond acceptors (Lipinski definition) is 3. The van der Waals surface area contributed by atoms with E-state index in [0.29, 0.717) is 32.7 Å². The van der Waals surface area contributed by atoms with Crippen LogP contribution in [0.5, 0.6) is 0 Å². The number of hydrogen-bond donors (Lipinski definition) is 1. The summed E-state index contributed by atoms with van der Waals surface area (Å²) in [7, 11) is 0. The molecule has 0 aromatic heterocycles. The molecule has 0 aliphatic carbocycles. The lowest BCUT2D eigenvalue weighted by molar-refractivity contribution is -0.141. The van der Waals surface area contributed by atoms with Crippen molar-refractivity contribution in [1.29, 1.82) is 0 Å². The number of amides is 2. The van der Waals surface area contributed by atoms with Gasteiger partial charge < -0.3 is 19.6 Å². The maximum absolute atomic E-state index is 12.4. The van der Waals surface area contributed by atoms with Crippen LogP contribution in [-0.2, 0) is 9.53 Å². The first-order chi connectivity index (χ1) is 9.13. The van der Waals surface area contributed by atoms with Gasteiger partial charge in [-0.25, -0.2) is 9.59 Å². The van der Waals surface area contributed by atoms with E-state index in [2.05, 4.69) is 0 Å². The Balaban J connectivity index is 1.96. The highest BCUT2D eigenvalue weighted by atomic mass is 16.5. The fourth-order valence-corrected chi connectivity index (χ4v) is 2.92. The van der Waals surface area contributed by atoms with Gasteiger partial charge in [-0.15, -0.1) is 0 Å². The van der Waals surface area contributed by atoms with Gasteiger partial charge in [0.05, 0.1) is 6.10 Å². The molecule has 2 aliphatic rings. The Morgan fingerprint density at radius 2 is 2.00 bits per heavy atom. The number of piperidine rings is 1. The molecule has 2 heterocycles. The van der Waals surface area contributed by atoms with Crippen molar-refractivity contribution in [2.24, 2.45) is 0 Å². The van der Waals surface area contributed by atoms with Gasteiger partial charge in [-0.2, -0.15) is 0 Å². The van der Waals surface area contributed by atoms with Crippen LogP contribution in [0.4, 0.5) is 4.79 Å². The predicted octanol–water partition coefficient (Wildman–Crippen LogP) is 1.16. The van der Waals surface area contributed by atoms with Crippen molar-refractivity contribution in [2.45, 2.75) is 44.8 Å². The topological polar surface area (TPSA) is 70.1 Å². The molecule has 1 N–H and O–H groups in total. The van der Waals surface area contributed by atoms with Crippen LogP contribution < -0.4 is 0 Å². The van der Waals surface area contributed by atoms with Crippen LogP contribution in [0, 0.1) is 0 Å². The molecule has 2 fully saturated rings. The zero-order valence-electron chi connectivity index (χ0n) is 11.4. The molecule has 6 heteroatoms. The van der Waals surface area contributed by atoms with E-state index in [1.165, 1.54) is 4.90 Å². The van der Waals surface area contributed by atoms with Gasteiger partial charge in [0.15, 0.2) is 0 Å². The highest BCUT2D eigenvalue weighted by Gasteiger charge is 2.37. The number of carboxylic acid groups (broad SMARTS) is 1. The molecule has 0 bridgehead atoms. The third-order valence-electron chi connectivity index (χ3n) is 3.83. The number of carbonyl (C=O) groups excluding carboxylic acids is 1. The molecule has 2 amide bonds. The zero-order chi connectivity index (χ0) is 13.8. The quantitative estimate of drug-likeness (QED) is 0.835. The Kier molecular flexibility index (Phi) is 4.63. The lowest BCUT2D eigenvalue weighted by atomic mass is 10.1. The molecule has 2 aliphatic heterocycles. The third-order valence-corrected chi connectivity index (χ3v) is 3.83. The smallest absolute Gasteiger partial charge is 0.326 e. The van der Waals surface area contributed by atoms with Crippen molar-refractivity contribution in [3.63, 3.8) is 0 Å². The van der Waals surface area contributed by atoms with Gasteiger partial charge in [-0.05, 0) is 32.6 Å². The lowest BCUT2D eigenvalue weighted by Crippen LogP contribution is -2.52. The van der Waals surface area contributed by atoms with Gasteiger partial charge >= 0.3 is 12.0 Å². The van der Waals surface area contributed by atoms with Gasteiger partial charge in [0.25, 0.3) is 0 Å². The van der Waals surface area contributed by atoms with Crippen molar-refractivity contribution in [3.8, 4) is 0 Å². The molecule has 0 saturated carbocycles. The van der Waals surface area contributed by atoms with E-state index < -0.39 is 12.0 Å². The average Bonchev–Trinajstić information content (AvgIpc) is 2.88. The van der Waals surface area contributed by atoms with Crippen LogP contribution in [0.15, 0.2) is 0 Å². The molecule has 2 atom stereocenters. The monoisotopic (exact) mass is 270 g/mol. The van der Waals surface area contributed by atoms with Crippen molar-refractivity contribution in [3.05, 3.63) is 0 Å². The summed E-state index contributed by atoms with van der Waals surface area (Å²) in [6, 6.07) is -0.797. The first-order valence-electron chi connectivity index (χ1n) is 7.03. The van der Waals surface area contributed by atoms with Crippen molar-refractivity contribution in [1.82, 2.24) is 9.80 Å². The summed E-state index contributed by atoms with van der Waals surface area (Å²) in [4.78, 5) is 26.8. The first-order valence-corrected chi connectivity index (χ1v) is 7.03. The maximum Gasteiger partial charge on any atom is 0.326 e. The second kappa shape index (κ2) is 6.23. The van der Waals surface area contributed by atoms with E-state index in [1.807, 2.05) is 6.92 Å². The van der Waals surface area contributed by atoms with Gasteiger partial charge in [-0.1, -0.05) is 0 Å². The number of urea groups is 1. The molecule has 2 rings (SSSR count). The maximum atomic E-state index is 12.4. The molecule has 0 aromatic carbocycles. The van der Waals surface area contributed by atoms with E-state index in [0.717, 1.165) is 19.3 Å². The number of likely N-dealkylation sites (tertiary alicyclic amines) is 2. The van der Waals surface area contributed by atoms with Crippen LogP contribution >= 0.6 is 0 Å². The summed E-state index contributed by atoms with van der Waals surface area (Å²) < 4.78 is 5.57. The highest BCUT2D eigenvalue weighted by molar-refractivity contribution is 5.83. The van der Waals surface area contributed by atoms with Gasteiger partial charge in [0, 0.05) is 26.2 Å². The highest BCUT2D eigenvalue weighted by Crippen LogP contribution is 2.22. The Morgan fingerprint density at radius 3 is 2.68 bits per heavy atom. The SMILES string of the molecule is CCOC1CCCN(C(=O)N2CCCC2C(=O)O)C1. The summed E-state index contributed by atoms with van der Waals surface area (Å²) in [5, 5.41) is 9.13. The predicted molar refractivity (Wildman–Crippen MR) is 69.0 cm³/mol. The number of aliphatic carboxylic acids is 1. The molecule has 2 unspecified atom stereocenters. The second-order valence-electron chi connectivity index (χ2n) is 5.14. The standard InChI is InChI=1S/C13H22N2O4/c1-2-19-10-5-3-7-14(9-10)13(18)15-8-4-6-11(15)12(16)17/h10-11H,2-9H2,1H3,(H,16,17). The van der Waals surface area contributed by atoms with Gasteiger partial charge in [-0.3, -0.25) is 0 Å². The van der Waals surface area contributed by atoms with E-state index in [4.69, 9.17) is 9.84 Å². The number of rotatable bonds is 3. The third kappa shape index (κ3) is 3.18. The molecule has 2 saturated heterocycles. The molecular weight excluding hydrogens is 248 g/mol. The van der Waals surface area contributed by atoms with Crippen molar-refractivity contribution >= 4 is 12.0 Å². The Bertz CT molecular complexity index is 346. The minimum Gasteiger partial charge on any atom is -0.480 e. The van der Waals surface area contributed by atoms with Crippen LogP contribution in [-0.4, -0.2) is 65.3 Å². The summed E-state index contributed by atoms with van der Waals surface area (Å²) in [6.07, 6.45) is 3.31. The Labute approximate surface area is 113 Å². The zero-order valence-corrected chi connectivity index (χ0v) is 11.4. The molecule has 0 aromatic rings. The number of carboxylic acids is 1. The molecule has 0 radical (unpaired) electrons. The molecule has 108 valence electrons. The summed E-state index contributed by atoms with van der Waals surface area (Å²) >= 11 is 0. The molecular formula is C13H22N2O4. The van der Waals surface area contributed by atoms with Gasteiger partial charge in [0.2, 0.25) is 0 Å². The van der Waals surface area contributed by atoms with E-state index in [-0.39, 0.29) is 12.1 Å². The molecule has 6 nitrogen and oxygen atoms in total. The average molecular weight is 270 g/mol. The summed E-state index contributed by atoms with van der Waals surface area (Å²) in [5.74, 6) is -0.899. The lowest BCUT2D eigenvalue weighted by Gasteiger charge is -2.36. The van der Waals surface area contributed by atoms with Crippen molar-refractivity contribution in [2.75, 3.05) is 26.2 Å². The second-order valence-corrected chi connectivity index (χ2v) is 5.14. The van der Waals surface area contributed by atoms with Crippen LogP contribution in [0.3, 0.4) is 0 Å². The van der Waals surface area contributed by atoms with E-state index in [9.17, 15) is 9.59 Å². The largest absolute Gasteiger partial charge is 0.480 e. The normalized spacial score (nSPS) is 27.6. The minimum atomic E-state index is -0.899. The fourth-order valence-electron chi connectivity index (χ4n) is 2.92. The van der Waals surface area contributed by atoms with Crippen LogP contribution in [0.2, 0.25) is 0 Å². The van der Waals surface area contributed by atoms with E-state index >= 15 is 0 Å². The number of carbonyl (C=O) groups is 2. The van der Waals surface area contributed by atoms with Crippen LogP contribution in [0.1, 0.15) is 32.6 Å².